The second-order valence-electron chi connectivity index (χ2n) is 3.45. The Morgan fingerprint density at radius 2 is 2.14 bits per heavy atom. The van der Waals surface area contributed by atoms with Gasteiger partial charge in [-0.3, -0.25) is 10.1 Å². The Hall–Kier alpha value is -1.35. The maximum atomic E-state index is 10.8. The number of hydrogen-bond acceptors (Lipinski definition) is 3. The predicted molar refractivity (Wildman–Crippen MR) is 52.5 cm³/mol. The number of fused-ring (bicyclic) bond motifs is 1. The fourth-order valence-corrected chi connectivity index (χ4v) is 1.71. The number of esters is 1. The molecule has 0 radical (unpaired) electrons. The second kappa shape index (κ2) is 3.80. The smallest absolute Gasteiger partial charge is 0.304 e. The summed E-state index contributed by atoms with van der Waals surface area (Å²) < 4.78 is 5.10. The van der Waals surface area contributed by atoms with Gasteiger partial charge in [-0.15, -0.1) is 0 Å². The molecular formula is C11H13NO2. The van der Waals surface area contributed by atoms with Gasteiger partial charge >= 0.3 is 5.97 Å². The standard InChI is InChI=1S/C11H13NO2/c1-8(13)14-11-6-9-4-2-3-5-10(9)7-12-11/h2-5,11-12H,6-7H2,1H3/t11-/m1/s1. The summed E-state index contributed by atoms with van der Waals surface area (Å²) in [5, 5.41) is 3.16. The van der Waals surface area contributed by atoms with Crippen molar-refractivity contribution in [3.8, 4) is 0 Å². The highest BCUT2D eigenvalue weighted by Gasteiger charge is 2.18. The first kappa shape index (κ1) is 9.21. The predicted octanol–water partition coefficient (Wildman–Crippen LogP) is 1.22. The molecule has 1 aromatic carbocycles. The molecule has 0 aliphatic carbocycles. The number of carbonyl (C=O) groups excluding carboxylic acids is 1. The van der Waals surface area contributed by atoms with E-state index in [1.54, 1.807) is 0 Å². The monoisotopic (exact) mass is 191 g/mol. The molecule has 0 unspecified atom stereocenters. The van der Waals surface area contributed by atoms with E-state index in [2.05, 4.69) is 17.4 Å². The van der Waals surface area contributed by atoms with Crippen molar-refractivity contribution in [2.45, 2.75) is 26.1 Å². The van der Waals surface area contributed by atoms with E-state index >= 15 is 0 Å². The van der Waals surface area contributed by atoms with Crippen LogP contribution in [0.1, 0.15) is 18.1 Å². The van der Waals surface area contributed by atoms with E-state index in [0.29, 0.717) is 0 Å². The molecule has 0 fully saturated rings. The van der Waals surface area contributed by atoms with Crippen LogP contribution in [0.5, 0.6) is 0 Å². The molecule has 0 saturated carbocycles. The molecule has 2 rings (SSSR count). The molecule has 0 saturated heterocycles. The Kier molecular flexibility index (Phi) is 2.50. The second-order valence-corrected chi connectivity index (χ2v) is 3.45. The van der Waals surface area contributed by atoms with Crippen LogP contribution >= 0.6 is 0 Å². The van der Waals surface area contributed by atoms with Crippen molar-refractivity contribution in [2.24, 2.45) is 0 Å². The average Bonchev–Trinajstić information content (AvgIpc) is 2.17. The van der Waals surface area contributed by atoms with Crippen molar-refractivity contribution >= 4 is 5.97 Å². The maximum Gasteiger partial charge on any atom is 0.304 e. The molecule has 14 heavy (non-hydrogen) atoms. The highest BCUT2D eigenvalue weighted by atomic mass is 16.6. The lowest BCUT2D eigenvalue weighted by molar-refractivity contribution is -0.148. The molecule has 1 aliphatic heterocycles. The van der Waals surface area contributed by atoms with E-state index < -0.39 is 0 Å². The molecule has 1 N–H and O–H groups in total. The Morgan fingerprint density at radius 3 is 2.86 bits per heavy atom. The van der Waals surface area contributed by atoms with Crippen molar-refractivity contribution in [1.82, 2.24) is 5.32 Å². The quantitative estimate of drug-likeness (QED) is 0.678. The van der Waals surface area contributed by atoms with Gasteiger partial charge in [-0.1, -0.05) is 24.3 Å². The van der Waals surface area contributed by atoms with Crippen LogP contribution < -0.4 is 5.32 Å². The summed E-state index contributed by atoms with van der Waals surface area (Å²) in [6.07, 6.45) is 0.595. The Morgan fingerprint density at radius 1 is 1.43 bits per heavy atom. The SMILES string of the molecule is CC(=O)O[C@@H]1Cc2ccccc2CN1. The summed E-state index contributed by atoms with van der Waals surface area (Å²) in [4.78, 5) is 10.8. The lowest BCUT2D eigenvalue weighted by Gasteiger charge is -2.25. The Bertz CT molecular complexity index is 349. The lowest BCUT2D eigenvalue weighted by Crippen LogP contribution is -2.38. The van der Waals surface area contributed by atoms with E-state index in [1.165, 1.54) is 18.1 Å². The third-order valence-electron chi connectivity index (χ3n) is 2.35. The number of nitrogens with one attached hydrogen (secondary N) is 1. The third kappa shape index (κ3) is 1.93. The lowest BCUT2D eigenvalue weighted by atomic mass is 10.0. The zero-order valence-corrected chi connectivity index (χ0v) is 8.12. The van der Waals surface area contributed by atoms with Crippen LogP contribution in [0, 0.1) is 0 Å². The van der Waals surface area contributed by atoms with Gasteiger partial charge in [0.25, 0.3) is 0 Å². The van der Waals surface area contributed by atoms with Crippen LogP contribution in [0.15, 0.2) is 24.3 Å². The Balaban J connectivity index is 2.09. The van der Waals surface area contributed by atoms with Gasteiger partial charge in [0.15, 0.2) is 6.23 Å². The largest absolute Gasteiger partial charge is 0.446 e. The molecule has 74 valence electrons. The highest BCUT2D eigenvalue weighted by Crippen LogP contribution is 2.16. The van der Waals surface area contributed by atoms with Gasteiger partial charge in [0, 0.05) is 19.9 Å². The van der Waals surface area contributed by atoms with Crippen LogP contribution in [0.25, 0.3) is 0 Å². The molecule has 0 spiro atoms. The molecule has 1 aliphatic rings. The summed E-state index contributed by atoms with van der Waals surface area (Å²) in [6.45, 7) is 2.20. The van der Waals surface area contributed by atoms with Gasteiger partial charge in [0.1, 0.15) is 0 Å². The van der Waals surface area contributed by atoms with Crippen LogP contribution in [0.3, 0.4) is 0 Å². The summed E-state index contributed by atoms with van der Waals surface area (Å²) in [7, 11) is 0. The molecule has 0 bridgehead atoms. The topological polar surface area (TPSA) is 38.3 Å². The van der Waals surface area contributed by atoms with E-state index in [0.717, 1.165) is 13.0 Å². The van der Waals surface area contributed by atoms with Gasteiger partial charge in [-0.25, -0.2) is 0 Å². The Labute approximate surface area is 83.1 Å². The van der Waals surface area contributed by atoms with Crippen LogP contribution in [0.2, 0.25) is 0 Å². The van der Waals surface area contributed by atoms with Crippen molar-refractivity contribution in [1.29, 1.82) is 0 Å². The van der Waals surface area contributed by atoms with Crippen molar-refractivity contribution in [3.63, 3.8) is 0 Å². The highest BCUT2D eigenvalue weighted by molar-refractivity contribution is 5.66. The molecule has 3 heteroatoms. The number of rotatable bonds is 1. The van der Waals surface area contributed by atoms with E-state index in [4.69, 9.17) is 4.74 Å². The zero-order valence-electron chi connectivity index (χ0n) is 8.12. The van der Waals surface area contributed by atoms with Gasteiger partial charge in [-0.2, -0.15) is 0 Å². The van der Waals surface area contributed by atoms with Crippen molar-refractivity contribution in [3.05, 3.63) is 35.4 Å². The fraction of sp³-hybridized carbons (Fsp3) is 0.364. The minimum absolute atomic E-state index is 0.164. The first-order valence-corrected chi connectivity index (χ1v) is 4.73. The first-order chi connectivity index (χ1) is 6.75. The molecule has 1 atom stereocenters. The molecule has 0 amide bonds. The van der Waals surface area contributed by atoms with Crippen LogP contribution in [-0.2, 0) is 22.5 Å². The normalized spacial score (nSPS) is 19.9. The van der Waals surface area contributed by atoms with Crippen LogP contribution in [0.4, 0.5) is 0 Å². The fourth-order valence-electron chi connectivity index (χ4n) is 1.71. The molecule has 1 heterocycles. The number of ether oxygens (including phenoxy) is 1. The van der Waals surface area contributed by atoms with Gasteiger partial charge in [0.05, 0.1) is 0 Å². The summed E-state index contributed by atoms with van der Waals surface area (Å²) in [5.74, 6) is -0.234. The van der Waals surface area contributed by atoms with Gasteiger partial charge in [0.2, 0.25) is 0 Å². The molecule has 0 aromatic heterocycles. The minimum atomic E-state index is -0.234. The van der Waals surface area contributed by atoms with Crippen molar-refractivity contribution in [2.75, 3.05) is 0 Å². The first-order valence-electron chi connectivity index (χ1n) is 4.73. The molecular weight excluding hydrogens is 178 g/mol. The van der Waals surface area contributed by atoms with Gasteiger partial charge in [-0.05, 0) is 11.1 Å². The van der Waals surface area contributed by atoms with E-state index in [1.807, 2.05) is 12.1 Å². The molecule has 3 nitrogen and oxygen atoms in total. The summed E-state index contributed by atoms with van der Waals surface area (Å²) in [6, 6.07) is 8.20. The third-order valence-corrected chi connectivity index (χ3v) is 2.35. The summed E-state index contributed by atoms with van der Waals surface area (Å²) >= 11 is 0. The number of benzene rings is 1. The van der Waals surface area contributed by atoms with E-state index in [9.17, 15) is 4.79 Å². The number of carbonyl (C=O) groups is 1. The zero-order chi connectivity index (χ0) is 9.97. The minimum Gasteiger partial charge on any atom is -0.446 e. The average molecular weight is 191 g/mol. The number of hydrogen-bond donors (Lipinski definition) is 1. The van der Waals surface area contributed by atoms with Crippen LogP contribution in [-0.4, -0.2) is 12.2 Å². The van der Waals surface area contributed by atoms with Gasteiger partial charge < -0.3 is 4.74 Å². The van der Waals surface area contributed by atoms with E-state index in [-0.39, 0.29) is 12.2 Å². The van der Waals surface area contributed by atoms with Crippen molar-refractivity contribution < 1.29 is 9.53 Å². The molecule has 1 aromatic rings. The maximum absolute atomic E-state index is 10.8. The summed E-state index contributed by atoms with van der Waals surface area (Å²) in [5.41, 5.74) is 2.55.